The summed E-state index contributed by atoms with van der Waals surface area (Å²) < 4.78 is 0.686. The van der Waals surface area contributed by atoms with Crippen LogP contribution in [0.3, 0.4) is 0 Å². The van der Waals surface area contributed by atoms with Gasteiger partial charge in [0, 0.05) is 11.4 Å². The lowest BCUT2D eigenvalue weighted by molar-refractivity contribution is -0.137. The lowest BCUT2D eigenvalue weighted by atomic mass is 10.3. The maximum atomic E-state index is 12.3. The third-order valence-corrected chi connectivity index (χ3v) is 4.31. The van der Waals surface area contributed by atoms with Crippen molar-refractivity contribution in [3.8, 4) is 0 Å². The highest BCUT2D eigenvalue weighted by atomic mass is 35.5. The van der Waals surface area contributed by atoms with Gasteiger partial charge in [0.05, 0.1) is 17.1 Å². The summed E-state index contributed by atoms with van der Waals surface area (Å²) in [5.41, 5.74) is -0.0450. The summed E-state index contributed by atoms with van der Waals surface area (Å²) >= 11 is 23.6. The maximum Gasteiger partial charge on any atom is 0.303 e. The number of carbonyl (C=O) groups is 3. The summed E-state index contributed by atoms with van der Waals surface area (Å²) in [6, 6.07) is 4.43. The van der Waals surface area contributed by atoms with Crippen LogP contribution in [0, 0.1) is 0 Å². The SMILES string of the molecule is O=C(O)CCC(=O)n1nc(C(=O)Nc2ccc(Cl)cc2Cl)c(Cl)c1Cl. The largest absolute Gasteiger partial charge is 0.481 e. The summed E-state index contributed by atoms with van der Waals surface area (Å²) in [4.78, 5) is 34.8. The molecule has 0 aliphatic heterocycles. The molecule has 0 spiro atoms. The Bertz CT molecular complexity index is 866. The first-order valence-corrected chi connectivity index (χ1v) is 8.17. The molecule has 0 aliphatic carbocycles. The Morgan fingerprint density at radius 2 is 1.80 bits per heavy atom. The van der Waals surface area contributed by atoms with Gasteiger partial charge in [0.15, 0.2) is 10.8 Å². The van der Waals surface area contributed by atoms with Crippen molar-refractivity contribution < 1.29 is 19.5 Å². The number of amides is 1. The number of hydrogen-bond donors (Lipinski definition) is 2. The van der Waals surface area contributed by atoms with Crippen LogP contribution >= 0.6 is 46.4 Å². The van der Waals surface area contributed by atoms with Gasteiger partial charge in [0.1, 0.15) is 5.02 Å². The molecule has 0 fully saturated rings. The van der Waals surface area contributed by atoms with E-state index in [9.17, 15) is 14.4 Å². The number of halogens is 4. The van der Waals surface area contributed by atoms with E-state index in [1.807, 2.05) is 0 Å². The van der Waals surface area contributed by atoms with Gasteiger partial charge in [-0.2, -0.15) is 9.78 Å². The molecular formula is C14H9Cl4N3O4. The molecule has 0 saturated carbocycles. The van der Waals surface area contributed by atoms with Crippen LogP contribution in [0.25, 0.3) is 0 Å². The van der Waals surface area contributed by atoms with E-state index in [0.717, 1.165) is 0 Å². The van der Waals surface area contributed by atoms with E-state index >= 15 is 0 Å². The molecule has 7 nitrogen and oxygen atoms in total. The number of benzene rings is 1. The quantitative estimate of drug-likeness (QED) is 0.746. The zero-order chi connectivity index (χ0) is 18.7. The molecule has 2 N–H and O–H groups in total. The lowest BCUT2D eigenvalue weighted by Crippen LogP contribution is -2.17. The van der Waals surface area contributed by atoms with E-state index in [0.29, 0.717) is 9.70 Å². The van der Waals surface area contributed by atoms with Crippen LogP contribution in [-0.2, 0) is 4.79 Å². The van der Waals surface area contributed by atoms with Gasteiger partial charge in [-0.1, -0.05) is 46.4 Å². The third kappa shape index (κ3) is 4.64. The van der Waals surface area contributed by atoms with Crippen LogP contribution < -0.4 is 5.32 Å². The molecule has 2 rings (SSSR count). The molecule has 132 valence electrons. The van der Waals surface area contributed by atoms with Crippen LogP contribution in [-0.4, -0.2) is 32.7 Å². The molecule has 25 heavy (non-hydrogen) atoms. The number of hydrogen-bond acceptors (Lipinski definition) is 4. The molecular weight excluding hydrogens is 416 g/mol. The summed E-state index contributed by atoms with van der Waals surface area (Å²) in [7, 11) is 0. The highest BCUT2D eigenvalue weighted by Crippen LogP contribution is 2.29. The second kappa shape index (κ2) is 8.05. The minimum Gasteiger partial charge on any atom is -0.481 e. The number of nitrogens with one attached hydrogen (secondary N) is 1. The zero-order valence-electron chi connectivity index (χ0n) is 12.2. The number of anilines is 1. The molecule has 0 saturated heterocycles. The minimum atomic E-state index is -1.15. The number of nitrogens with zero attached hydrogens (tertiary/aromatic N) is 2. The van der Waals surface area contributed by atoms with Gasteiger partial charge < -0.3 is 10.4 Å². The van der Waals surface area contributed by atoms with Gasteiger partial charge in [-0.05, 0) is 18.2 Å². The molecule has 1 aromatic carbocycles. The third-order valence-electron chi connectivity index (χ3n) is 2.96. The van der Waals surface area contributed by atoms with Crippen molar-refractivity contribution in [2.24, 2.45) is 0 Å². The van der Waals surface area contributed by atoms with E-state index < -0.39 is 24.2 Å². The molecule has 2 aromatic rings. The van der Waals surface area contributed by atoms with Gasteiger partial charge in [-0.3, -0.25) is 14.4 Å². The Morgan fingerprint density at radius 1 is 1.12 bits per heavy atom. The standard InChI is InChI=1S/C14H9Cl4N3O4/c15-6-1-2-8(7(16)5-6)19-14(25)12-11(17)13(18)21(20-12)9(22)3-4-10(23)24/h1-2,5H,3-4H2,(H,19,25)(H,23,24). The zero-order valence-corrected chi connectivity index (χ0v) is 15.2. The van der Waals surface area contributed by atoms with Gasteiger partial charge >= 0.3 is 5.97 Å². The van der Waals surface area contributed by atoms with Crippen molar-refractivity contribution in [1.82, 2.24) is 9.78 Å². The van der Waals surface area contributed by atoms with E-state index in [-0.39, 0.29) is 33.0 Å². The fraction of sp³-hybridized carbons (Fsp3) is 0.143. The molecule has 11 heteroatoms. The Morgan fingerprint density at radius 3 is 2.40 bits per heavy atom. The molecule has 1 aromatic heterocycles. The Kier molecular flexibility index (Phi) is 6.29. The van der Waals surface area contributed by atoms with Crippen LogP contribution in [0.15, 0.2) is 18.2 Å². The van der Waals surface area contributed by atoms with Gasteiger partial charge in [-0.15, -0.1) is 0 Å². The topological polar surface area (TPSA) is 101 Å². The van der Waals surface area contributed by atoms with Crippen molar-refractivity contribution in [1.29, 1.82) is 0 Å². The molecule has 0 aliphatic rings. The minimum absolute atomic E-state index is 0.194. The normalized spacial score (nSPS) is 10.6. The Hall–Kier alpha value is -1.80. The molecule has 0 unspecified atom stereocenters. The van der Waals surface area contributed by atoms with Crippen LogP contribution in [0.2, 0.25) is 20.2 Å². The molecule has 0 bridgehead atoms. The first kappa shape index (κ1) is 19.5. The predicted octanol–water partition coefficient (Wildman–Crippen LogP) is 4.25. The average Bonchev–Trinajstić information content (AvgIpc) is 2.84. The number of carboxylic acid groups (broad SMARTS) is 1. The summed E-state index contributed by atoms with van der Waals surface area (Å²) in [6.45, 7) is 0. The first-order valence-electron chi connectivity index (χ1n) is 6.66. The molecule has 0 radical (unpaired) electrons. The average molecular weight is 425 g/mol. The van der Waals surface area contributed by atoms with E-state index in [2.05, 4.69) is 10.4 Å². The number of rotatable bonds is 5. The van der Waals surface area contributed by atoms with Crippen molar-refractivity contribution in [3.63, 3.8) is 0 Å². The number of aromatic nitrogens is 2. The number of carbonyl (C=O) groups excluding carboxylic acids is 2. The van der Waals surface area contributed by atoms with Crippen molar-refractivity contribution in [2.75, 3.05) is 5.32 Å². The van der Waals surface area contributed by atoms with Crippen LogP contribution in [0.5, 0.6) is 0 Å². The fourth-order valence-corrected chi connectivity index (χ4v) is 2.66. The highest BCUT2D eigenvalue weighted by Gasteiger charge is 2.24. The van der Waals surface area contributed by atoms with Crippen molar-refractivity contribution in [2.45, 2.75) is 12.8 Å². The van der Waals surface area contributed by atoms with Crippen LogP contribution in [0.4, 0.5) is 5.69 Å². The van der Waals surface area contributed by atoms with Gasteiger partial charge in [0.2, 0.25) is 5.91 Å². The fourth-order valence-electron chi connectivity index (χ4n) is 1.78. The Labute approximate surface area is 161 Å². The van der Waals surface area contributed by atoms with Gasteiger partial charge in [0.25, 0.3) is 5.91 Å². The molecule has 0 atom stereocenters. The van der Waals surface area contributed by atoms with Crippen molar-refractivity contribution >= 4 is 69.9 Å². The summed E-state index contributed by atoms with van der Waals surface area (Å²) in [5.74, 6) is -2.61. The Balaban J connectivity index is 2.24. The van der Waals surface area contributed by atoms with E-state index in [4.69, 9.17) is 51.5 Å². The van der Waals surface area contributed by atoms with E-state index in [1.165, 1.54) is 18.2 Å². The van der Waals surface area contributed by atoms with Crippen molar-refractivity contribution in [3.05, 3.63) is 44.1 Å². The number of aliphatic carboxylic acids is 1. The predicted molar refractivity (Wildman–Crippen MR) is 94.2 cm³/mol. The summed E-state index contributed by atoms with van der Waals surface area (Å²) in [6.07, 6.45) is -0.758. The van der Waals surface area contributed by atoms with Crippen LogP contribution in [0.1, 0.15) is 28.1 Å². The molecule has 1 amide bonds. The van der Waals surface area contributed by atoms with Gasteiger partial charge in [-0.25, -0.2) is 0 Å². The lowest BCUT2D eigenvalue weighted by Gasteiger charge is -2.06. The monoisotopic (exact) mass is 423 g/mol. The smallest absolute Gasteiger partial charge is 0.303 e. The first-order chi connectivity index (χ1) is 11.7. The maximum absolute atomic E-state index is 12.3. The summed E-state index contributed by atoms with van der Waals surface area (Å²) in [5, 5.41) is 14.9. The molecule has 1 heterocycles. The number of carboxylic acids is 1. The van der Waals surface area contributed by atoms with E-state index in [1.54, 1.807) is 0 Å². The highest BCUT2D eigenvalue weighted by molar-refractivity contribution is 6.44. The second-order valence-electron chi connectivity index (χ2n) is 4.73. The second-order valence-corrected chi connectivity index (χ2v) is 6.31.